The fourth-order valence-electron chi connectivity index (χ4n) is 1.44. The summed E-state index contributed by atoms with van der Waals surface area (Å²) in [5.74, 6) is -6.32. The molecule has 0 aromatic carbocycles. The molecule has 114 valence electrons. The summed E-state index contributed by atoms with van der Waals surface area (Å²) in [6, 6.07) is -0.751. The first-order valence-electron chi connectivity index (χ1n) is 5.41. The van der Waals surface area contributed by atoms with Crippen molar-refractivity contribution in [2.24, 2.45) is 11.8 Å². The van der Waals surface area contributed by atoms with E-state index >= 15 is 0 Å². The van der Waals surface area contributed by atoms with E-state index in [-0.39, 0.29) is 12.3 Å². The number of carbonyl (C=O) groups excluding carboxylic acids is 1. The van der Waals surface area contributed by atoms with E-state index in [2.05, 4.69) is 15.9 Å². The average molecular weight is 358 g/mol. The number of alkyl halides is 7. The first-order valence-corrected chi connectivity index (χ1v) is 6.53. The molecule has 0 radical (unpaired) electrons. The molecular weight excluding hydrogens is 344 g/mol. The molecule has 0 aromatic rings. The molecule has 1 amide bonds. The van der Waals surface area contributed by atoms with Crippen molar-refractivity contribution < 1.29 is 31.1 Å². The third-order valence-electron chi connectivity index (χ3n) is 2.47. The van der Waals surface area contributed by atoms with Crippen molar-refractivity contribution in [3.05, 3.63) is 0 Å². The summed E-state index contributed by atoms with van der Waals surface area (Å²) in [6.07, 6.45) is -11.1. The van der Waals surface area contributed by atoms with Crippen molar-refractivity contribution in [3.63, 3.8) is 0 Å². The van der Waals surface area contributed by atoms with Crippen molar-refractivity contribution in [1.82, 2.24) is 5.32 Å². The van der Waals surface area contributed by atoms with Gasteiger partial charge in [0.2, 0.25) is 11.8 Å². The van der Waals surface area contributed by atoms with Crippen LogP contribution in [0.25, 0.3) is 0 Å². The molecule has 19 heavy (non-hydrogen) atoms. The summed E-state index contributed by atoms with van der Waals surface area (Å²) in [5.41, 5.74) is 0. The smallest absolute Gasteiger partial charge is 0.352 e. The first-order chi connectivity index (χ1) is 8.41. The Morgan fingerprint density at radius 3 is 1.79 bits per heavy atom. The average Bonchev–Trinajstić information content (AvgIpc) is 2.11. The molecule has 2 nitrogen and oxygen atoms in total. The van der Waals surface area contributed by atoms with Gasteiger partial charge in [-0.25, -0.2) is 0 Å². The summed E-state index contributed by atoms with van der Waals surface area (Å²) < 4.78 is 73.9. The maximum absolute atomic E-state index is 12.3. The maximum atomic E-state index is 12.3. The molecule has 0 aliphatic carbocycles. The number of hydrogen-bond acceptors (Lipinski definition) is 1. The minimum Gasteiger partial charge on any atom is -0.352 e. The number of amides is 1. The zero-order chi connectivity index (χ0) is 15.4. The third kappa shape index (κ3) is 6.01. The molecule has 0 aliphatic rings. The second kappa shape index (κ2) is 6.81. The molecule has 0 saturated heterocycles. The Hall–Kier alpha value is -0.470. The van der Waals surface area contributed by atoms with Gasteiger partial charge >= 0.3 is 12.4 Å². The van der Waals surface area contributed by atoms with E-state index in [0.717, 1.165) is 0 Å². The monoisotopic (exact) mass is 357 g/mol. The van der Waals surface area contributed by atoms with Crippen LogP contribution in [0.5, 0.6) is 0 Å². The lowest BCUT2D eigenvalue weighted by Gasteiger charge is -2.27. The molecule has 1 N–H and O–H groups in total. The number of hydrogen-bond donors (Lipinski definition) is 1. The third-order valence-corrected chi connectivity index (χ3v) is 2.93. The fourth-order valence-corrected chi connectivity index (χ4v) is 1.93. The zero-order valence-corrected chi connectivity index (χ0v) is 11.8. The van der Waals surface area contributed by atoms with Gasteiger partial charge in [0.15, 0.2) is 0 Å². The van der Waals surface area contributed by atoms with Crippen molar-refractivity contribution >= 4 is 21.8 Å². The van der Waals surface area contributed by atoms with E-state index in [0.29, 0.717) is 5.33 Å². The minimum absolute atomic E-state index is 0.242. The van der Waals surface area contributed by atoms with Crippen LogP contribution in [0.2, 0.25) is 0 Å². The van der Waals surface area contributed by atoms with E-state index in [9.17, 15) is 31.1 Å². The Morgan fingerprint density at radius 2 is 1.53 bits per heavy atom. The molecule has 0 heterocycles. The summed E-state index contributed by atoms with van der Waals surface area (Å²) in [6.45, 7) is 3.20. The van der Waals surface area contributed by atoms with E-state index < -0.39 is 30.2 Å². The molecule has 1 unspecified atom stereocenters. The fraction of sp³-hybridized carbons (Fsp3) is 0.900. The second-order valence-electron chi connectivity index (χ2n) is 4.35. The Bertz CT molecular complexity index is 287. The SMILES string of the molecule is CC(C)C(CCBr)NC(=O)C(C(F)(F)F)C(F)(F)F. The van der Waals surface area contributed by atoms with Gasteiger partial charge in [-0.05, 0) is 12.3 Å². The minimum atomic E-state index is -5.65. The molecule has 0 aromatic heterocycles. The molecule has 0 rings (SSSR count). The molecule has 0 aliphatic heterocycles. The highest BCUT2D eigenvalue weighted by atomic mass is 79.9. The van der Waals surface area contributed by atoms with Gasteiger partial charge in [0.05, 0.1) is 0 Å². The lowest BCUT2D eigenvalue weighted by molar-refractivity contribution is -0.274. The molecule has 0 fully saturated rings. The van der Waals surface area contributed by atoms with Crippen LogP contribution in [0.3, 0.4) is 0 Å². The van der Waals surface area contributed by atoms with Crippen molar-refractivity contribution in [2.45, 2.75) is 38.7 Å². The predicted molar refractivity (Wildman–Crippen MR) is 60.8 cm³/mol. The molecule has 0 spiro atoms. The van der Waals surface area contributed by atoms with Crippen LogP contribution in [0.15, 0.2) is 0 Å². The molecule has 0 bridgehead atoms. The van der Waals surface area contributed by atoms with Gasteiger partial charge in [0.25, 0.3) is 0 Å². The van der Waals surface area contributed by atoms with Crippen molar-refractivity contribution in [1.29, 1.82) is 0 Å². The highest BCUT2D eigenvalue weighted by Crippen LogP contribution is 2.39. The molecule has 0 saturated carbocycles. The number of halogens is 7. The Balaban J connectivity index is 5.02. The topological polar surface area (TPSA) is 29.1 Å². The van der Waals surface area contributed by atoms with Crippen LogP contribution in [0.4, 0.5) is 26.3 Å². The first kappa shape index (κ1) is 18.5. The Labute approximate surface area is 115 Å². The number of carbonyl (C=O) groups is 1. The van der Waals surface area contributed by atoms with Gasteiger partial charge < -0.3 is 5.32 Å². The van der Waals surface area contributed by atoms with Crippen molar-refractivity contribution in [3.8, 4) is 0 Å². The van der Waals surface area contributed by atoms with Gasteiger partial charge in [-0.3, -0.25) is 4.79 Å². The van der Waals surface area contributed by atoms with Crippen LogP contribution in [-0.2, 0) is 4.79 Å². The number of rotatable bonds is 5. The van der Waals surface area contributed by atoms with E-state index in [4.69, 9.17) is 0 Å². The lowest BCUT2D eigenvalue weighted by Crippen LogP contribution is -2.51. The molecule has 9 heteroatoms. The van der Waals surface area contributed by atoms with Gasteiger partial charge in [-0.2, -0.15) is 26.3 Å². The quantitative estimate of drug-likeness (QED) is 0.590. The standard InChI is InChI=1S/C10H14BrF6NO/c1-5(2)6(3-4-11)18-8(19)7(9(12,13)14)10(15,16)17/h5-7H,3-4H2,1-2H3,(H,18,19). The van der Waals surface area contributed by atoms with Gasteiger partial charge in [-0.15, -0.1) is 0 Å². The van der Waals surface area contributed by atoms with Crippen LogP contribution in [0, 0.1) is 11.8 Å². The summed E-state index contributed by atoms with van der Waals surface area (Å²) in [4.78, 5) is 11.3. The maximum Gasteiger partial charge on any atom is 0.409 e. The van der Waals surface area contributed by atoms with Crippen molar-refractivity contribution in [2.75, 3.05) is 5.33 Å². The number of nitrogens with one attached hydrogen (secondary N) is 1. The van der Waals surface area contributed by atoms with E-state index in [1.807, 2.05) is 5.32 Å². The van der Waals surface area contributed by atoms with E-state index in [1.165, 1.54) is 0 Å². The molecular formula is C10H14BrF6NO. The Morgan fingerprint density at radius 1 is 1.11 bits per heavy atom. The van der Waals surface area contributed by atoms with Crippen LogP contribution in [-0.4, -0.2) is 29.6 Å². The highest BCUT2D eigenvalue weighted by molar-refractivity contribution is 9.09. The normalized spacial score (nSPS) is 14.9. The molecule has 1 atom stereocenters. The van der Waals surface area contributed by atoms with Gasteiger partial charge in [0, 0.05) is 11.4 Å². The largest absolute Gasteiger partial charge is 0.409 e. The van der Waals surface area contributed by atoms with Crippen LogP contribution in [0.1, 0.15) is 20.3 Å². The van der Waals surface area contributed by atoms with Gasteiger partial charge in [0.1, 0.15) is 0 Å². The van der Waals surface area contributed by atoms with E-state index in [1.54, 1.807) is 13.8 Å². The van der Waals surface area contributed by atoms with Gasteiger partial charge in [-0.1, -0.05) is 29.8 Å². The summed E-state index contributed by atoms with van der Waals surface area (Å²) in [7, 11) is 0. The van der Waals surface area contributed by atoms with Crippen LogP contribution < -0.4 is 5.32 Å². The summed E-state index contributed by atoms with van der Waals surface area (Å²) in [5, 5.41) is 2.18. The zero-order valence-electron chi connectivity index (χ0n) is 10.2. The predicted octanol–water partition coefficient (Wildman–Crippen LogP) is 3.65. The summed E-state index contributed by atoms with van der Waals surface area (Å²) >= 11 is 3.03. The lowest BCUT2D eigenvalue weighted by atomic mass is 10.00. The highest BCUT2D eigenvalue weighted by Gasteiger charge is 2.61. The second-order valence-corrected chi connectivity index (χ2v) is 5.15. The Kier molecular flexibility index (Phi) is 6.64. The van der Waals surface area contributed by atoms with Crippen LogP contribution >= 0.6 is 15.9 Å².